The summed E-state index contributed by atoms with van der Waals surface area (Å²) in [7, 11) is 4.11. The number of nitrogens with zero attached hydrogens (tertiary/aromatic N) is 1. The van der Waals surface area contributed by atoms with Crippen LogP contribution in [0.5, 0.6) is 0 Å². The molecule has 0 aromatic heterocycles. The second-order valence-electron chi connectivity index (χ2n) is 2.39. The van der Waals surface area contributed by atoms with Gasteiger partial charge in [0.05, 0.1) is 0 Å². The van der Waals surface area contributed by atoms with E-state index in [-0.39, 0.29) is 0 Å². The molecular weight excluding hydrogens is 164 g/mol. The van der Waals surface area contributed by atoms with Crippen molar-refractivity contribution in [3.63, 3.8) is 0 Å². The minimum atomic E-state index is 0.582. The van der Waals surface area contributed by atoms with Crippen LogP contribution >= 0.6 is 24.8 Å². The second kappa shape index (κ2) is 5.95. The van der Waals surface area contributed by atoms with E-state index in [0.29, 0.717) is 4.32 Å². The van der Waals surface area contributed by atoms with Gasteiger partial charge in [-0.3, -0.25) is 0 Å². The SMILES string of the molecule is CN(C)CCCNC(=S)S. The van der Waals surface area contributed by atoms with E-state index in [1.165, 1.54) is 0 Å². The average Bonchev–Trinajstić information content (AvgIpc) is 1.79. The normalized spacial score (nSPS) is 10.0. The minimum Gasteiger partial charge on any atom is -0.371 e. The van der Waals surface area contributed by atoms with E-state index < -0.39 is 0 Å². The monoisotopic (exact) mass is 178 g/mol. The second-order valence-corrected chi connectivity index (χ2v) is 3.55. The summed E-state index contributed by atoms with van der Waals surface area (Å²) in [6, 6.07) is 0. The van der Waals surface area contributed by atoms with E-state index in [1.807, 2.05) is 0 Å². The molecule has 0 aliphatic rings. The van der Waals surface area contributed by atoms with Crippen molar-refractivity contribution >= 4 is 29.2 Å². The van der Waals surface area contributed by atoms with Crippen molar-refractivity contribution in [2.24, 2.45) is 0 Å². The molecule has 0 fully saturated rings. The Morgan fingerprint density at radius 3 is 2.60 bits per heavy atom. The van der Waals surface area contributed by atoms with Crippen molar-refractivity contribution in [3.05, 3.63) is 0 Å². The third-order valence-electron chi connectivity index (χ3n) is 1.06. The lowest BCUT2D eigenvalue weighted by Gasteiger charge is -2.08. The van der Waals surface area contributed by atoms with Crippen molar-refractivity contribution in [1.82, 2.24) is 10.2 Å². The number of thiol groups is 1. The van der Waals surface area contributed by atoms with E-state index >= 15 is 0 Å². The largest absolute Gasteiger partial charge is 0.371 e. The maximum absolute atomic E-state index is 4.71. The van der Waals surface area contributed by atoms with Crippen LogP contribution in [0.2, 0.25) is 0 Å². The number of thiocarbonyl (C=S) groups is 1. The smallest absolute Gasteiger partial charge is 0.130 e. The summed E-state index contributed by atoms with van der Waals surface area (Å²) in [4.78, 5) is 2.14. The first-order valence-corrected chi connectivity index (χ1v) is 4.10. The molecule has 0 spiro atoms. The van der Waals surface area contributed by atoms with Crippen molar-refractivity contribution in [3.8, 4) is 0 Å². The Bertz CT molecular complexity index is 104. The molecule has 0 unspecified atom stereocenters. The quantitative estimate of drug-likeness (QED) is 0.375. The fraction of sp³-hybridized carbons (Fsp3) is 0.833. The maximum atomic E-state index is 4.71. The molecule has 1 N–H and O–H groups in total. The molecular formula is C6H14N2S2. The lowest BCUT2D eigenvalue weighted by atomic mass is 10.4. The fourth-order valence-electron chi connectivity index (χ4n) is 0.591. The zero-order valence-electron chi connectivity index (χ0n) is 6.42. The molecule has 0 atom stereocenters. The molecule has 0 heterocycles. The van der Waals surface area contributed by atoms with Gasteiger partial charge in [-0.1, -0.05) is 12.2 Å². The first-order chi connectivity index (χ1) is 4.63. The minimum absolute atomic E-state index is 0.582. The van der Waals surface area contributed by atoms with Crippen LogP contribution in [0.1, 0.15) is 6.42 Å². The molecule has 0 saturated heterocycles. The molecule has 0 aromatic rings. The van der Waals surface area contributed by atoms with Gasteiger partial charge in [-0.05, 0) is 27.1 Å². The standard InChI is InChI=1S/C6H14N2S2/c1-8(2)5-3-4-7-6(9)10/h3-5H2,1-2H3,(H2,7,9,10). The summed E-state index contributed by atoms with van der Waals surface area (Å²) in [6.45, 7) is 2.00. The molecule has 0 aromatic carbocycles. The molecule has 0 radical (unpaired) electrons. The summed E-state index contributed by atoms with van der Waals surface area (Å²) in [5.41, 5.74) is 0. The van der Waals surface area contributed by atoms with Gasteiger partial charge in [0.2, 0.25) is 0 Å². The van der Waals surface area contributed by atoms with Gasteiger partial charge in [0.15, 0.2) is 0 Å². The van der Waals surface area contributed by atoms with Crippen molar-refractivity contribution in [2.45, 2.75) is 6.42 Å². The lowest BCUT2D eigenvalue weighted by molar-refractivity contribution is 0.400. The Morgan fingerprint density at radius 2 is 2.20 bits per heavy atom. The molecule has 60 valence electrons. The van der Waals surface area contributed by atoms with Crippen LogP contribution in [-0.4, -0.2) is 36.4 Å². The van der Waals surface area contributed by atoms with Crippen molar-refractivity contribution in [1.29, 1.82) is 0 Å². The van der Waals surface area contributed by atoms with Gasteiger partial charge in [-0.25, -0.2) is 0 Å². The summed E-state index contributed by atoms with van der Waals surface area (Å²) in [5, 5.41) is 2.97. The van der Waals surface area contributed by atoms with Gasteiger partial charge in [0.1, 0.15) is 4.32 Å². The van der Waals surface area contributed by atoms with Crippen molar-refractivity contribution in [2.75, 3.05) is 27.2 Å². The predicted octanol–water partition coefficient (Wildman–Crippen LogP) is 0.742. The zero-order chi connectivity index (χ0) is 7.98. The molecule has 4 heteroatoms. The first-order valence-electron chi connectivity index (χ1n) is 3.24. The van der Waals surface area contributed by atoms with E-state index in [4.69, 9.17) is 12.2 Å². The summed E-state index contributed by atoms with van der Waals surface area (Å²) >= 11 is 8.64. The third-order valence-corrected chi connectivity index (χ3v) is 1.36. The van der Waals surface area contributed by atoms with Gasteiger partial charge in [0, 0.05) is 6.54 Å². The van der Waals surface area contributed by atoms with Crippen LogP contribution in [0.4, 0.5) is 0 Å². The Hall–Kier alpha value is 0.200. The molecule has 0 rings (SSSR count). The number of hydrogen-bond acceptors (Lipinski definition) is 2. The van der Waals surface area contributed by atoms with Gasteiger partial charge in [0.25, 0.3) is 0 Å². The van der Waals surface area contributed by atoms with Gasteiger partial charge >= 0.3 is 0 Å². The van der Waals surface area contributed by atoms with Gasteiger partial charge in [-0.15, -0.1) is 12.6 Å². The van der Waals surface area contributed by atoms with Crippen LogP contribution in [-0.2, 0) is 0 Å². The number of hydrogen-bond donors (Lipinski definition) is 2. The fourth-order valence-corrected chi connectivity index (χ4v) is 0.804. The van der Waals surface area contributed by atoms with Crippen LogP contribution in [0.25, 0.3) is 0 Å². The summed E-state index contributed by atoms with van der Waals surface area (Å²) in [5.74, 6) is 0. The molecule has 0 bridgehead atoms. The maximum Gasteiger partial charge on any atom is 0.130 e. The predicted molar refractivity (Wildman–Crippen MR) is 52.8 cm³/mol. The molecule has 2 nitrogen and oxygen atoms in total. The third kappa shape index (κ3) is 8.20. The topological polar surface area (TPSA) is 15.3 Å². The Balaban J connectivity index is 2.98. The molecule has 0 amide bonds. The van der Waals surface area contributed by atoms with Crippen LogP contribution < -0.4 is 5.32 Å². The molecule has 10 heavy (non-hydrogen) atoms. The van der Waals surface area contributed by atoms with Crippen molar-refractivity contribution < 1.29 is 0 Å². The van der Waals surface area contributed by atoms with E-state index in [2.05, 4.69) is 36.9 Å². The van der Waals surface area contributed by atoms with E-state index in [9.17, 15) is 0 Å². The highest BCUT2D eigenvalue weighted by atomic mass is 32.1. The number of nitrogens with one attached hydrogen (secondary N) is 1. The lowest BCUT2D eigenvalue weighted by Crippen LogP contribution is -2.22. The number of rotatable bonds is 4. The highest BCUT2D eigenvalue weighted by molar-refractivity contribution is 8.11. The van der Waals surface area contributed by atoms with Crippen LogP contribution in [0, 0.1) is 0 Å². The zero-order valence-corrected chi connectivity index (χ0v) is 8.13. The summed E-state index contributed by atoms with van der Waals surface area (Å²) < 4.78 is 0.582. The first kappa shape index (κ1) is 10.2. The Kier molecular flexibility index (Phi) is 6.06. The summed E-state index contributed by atoms with van der Waals surface area (Å²) in [6.07, 6.45) is 1.10. The highest BCUT2D eigenvalue weighted by Crippen LogP contribution is 1.82. The van der Waals surface area contributed by atoms with E-state index in [0.717, 1.165) is 19.5 Å². The van der Waals surface area contributed by atoms with Gasteiger partial charge < -0.3 is 10.2 Å². The van der Waals surface area contributed by atoms with Crippen LogP contribution in [0.15, 0.2) is 0 Å². The Labute approximate surface area is 73.4 Å². The van der Waals surface area contributed by atoms with E-state index in [1.54, 1.807) is 0 Å². The average molecular weight is 178 g/mol. The molecule has 0 saturated carbocycles. The Morgan fingerprint density at radius 1 is 1.60 bits per heavy atom. The van der Waals surface area contributed by atoms with Gasteiger partial charge in [-0.2, -0.15) is 0 Å². The highest BCUT2D eigenvalue weighted by Gasteiger charge is 1.89. The van der Waals surface area contributed by atoms with Crippen LogP contribution in [0.3, 0.4) is 0 Å². The molecule has 0 aliphatic heterocycles. The molecule has 0 aliphatic carbocycles.